The van der Waals surface area contributed by atoms with Crippen LogP contribution < -0.4 is 9.62 Å². The van der Waals surface area contributed by atoms with Crippen LogP contribution in [-0.2, 0) is 14.8 Å². The van der Waals surface area contributed by atoms with Crippen molar-refractivity contribution in [2.75, 3.05) is 22.4 Å². The zero-order chi connectivity index (χ0) is 19.5. The summed E-state index contributed by atoms with van der Waals surface area (Å²) in [7, 11) is -4.06. The second kappa shape index (κ2) is 7.44. The number of nitro benzene ring substituents is 1. The number of sulfonamides is 1. The maximum atomic E-state index is 13.9. The maximum Gasteiger partial charge on any atom is 0.271 e. The number of carbonyl (C=O) groups excluding carboxylic acids is 1. The van der Waals surface area contributed by atoms with E-state index in [0.29, 0.717) is 10.4 Å². The first-order valence-electron chi connectivity index (χ1n) is 7.05. The largest absolute Gasteiger partial charge is 0.324 e. The van der Waals surface area contributed by atoms with Crippen molar-refractivity contribution >= 4 is 33.0 Å². The molecule has 0 saturated carbocycles. The topological polar surface area (TPSA) is 110 Å². The molecule has 8 nitrogen and oxygen atoms in total. The quantitative estimate of drug-likeness (QED) is 0.606. The molecule has 0 aromatic heterocycles. The lowest BCUT2D eigenvalue weighted by atomic mass is 10.2. The number of nitrogens with zero attached hydrogens (tertiary/aromatic N) is 2. The van der Waals surface area contributed by atoms with Crippen molar-refractivity contribution in [3.63, 3.8) is 0 Å². The van der Waals surface area contributed by atoms with Gasteiger partial charge in [-0.1, -0.05) is 6.07 Å². The molecule has 0 heterocycles. The molecule has 11 heteroatoms. The van der Waals surface area contributed by atoms with Crippen LogP contribution in [0.15, 0.2) is 42.5 Å². The highest BCUT2D eigenvalue weighted by atomic mass is 32.2. The fraction of sp³-hybridized carbons (Fsp3) is 0.133. The Bertz CT molecular complexity index is 966. The van der Waals surface area contributed by atoms with Gasteiger partial charge in [-0.3, -0.25) is 19.2 Å². The van der Waals surface area contributed by atoms with Gasteiger partial charge in [-0.2, -0.15) is 0 Å². The van der Waals surface area contributed by atoms with Crippen LogP contribution in [0.5, 0.6) is 0 Å². The number of anilines is 2. The van der Waals surface area contributed by atoms with E-state index in [4.69, 9.17) is 0 Å². The van der Waals surface area contributed by atoms with Crippen LogP contribution in [0.2, 0.25) is 0 Å². The van der Waals surface area contributed by atoms with Crippen LogP contribution in [-0.4, -0.2) is 32.0 Å². The molecule has 0 fully saturated rings. The summed E-state index contributed by atoms with van der Waals surface area (Å²) in [4.78, 5) is 22.2. The predicted octanol–water partition coefficient (Wildman–Crippen LogP) is 2.28. The summed E-state index contributed by atoms with van der Waals surface area (Å²) in [5.74, 6) is -2.92. The minimum Gasteiger partial charge on any atom is -0.324 e. The molecule has 0 aliphatic carbocycles. The van der Waals surface area contributed by atoms with Gasteiger partial charge in [0.15, 0.2) is 0 Å². The zero-order valence-electron chi connectivity index (χ0n) is 13.3. The Morgan fingerprint density at radius 3 is 2.50 bits per heavy atom. The van der Waals surface area contributed by atoms with Crippen molar-refractivity contribution in [2.45, 2.75) is 0 Å². The van der Waals surface area contributed by atoms with Gasteiger partial charge in [0.1, 0.15) is 18.2 Å². The molecule has 0 saturated heterocycles. The number of halogens is 2. The number of carbonyl (C=O) groups is 1. The number of nitro groups is 1. The van der Waals surface area contributed by atoms with Gasteiger partial charge in [-0.25, -0.2) is 17.2 Å². The summed E-state index contributed by atoms with van der Waals surface area (Å²) in [6.07, 6.45) is 0.760. The lowest BCUT2D eigenvalue weighted by molar-refractivity contribution is -0.384. The average molecular weight is 385 g/mol. The van der Waals surface area contributed by atoms with E-state index in [2.05, 4.69) is 5.32 Å². The third kappa shape index (κ3) is 4.72. The molecule has 138 valence electrons. The highest BCUT2D eigenvalue weighted by Crippen LogP contribution is 2.23. The van der Waals surface area contributed by atoms with E-state index < -0.39 is 44.7 Å². The molecule has 0 spiro atoms. The molecular formula is C15H13F2N3O5S. The molecule has 0 atom stereocenters. The summed E-state index contributed by atoms with van der Waals surface area (Å²) < 4.78 is 51.2. The van der Waals surface area contributed by atoms with E-state index in [-0.39, 0.29) is 11.4 Å². The SMILES string of the molecule is CS(=O)(=O)N(CC(=O)Nc1cccc([N+](=O)[O-])c1)c1ccc(F)cc1F. The normalized spacial score (nSPS) is 11.0. The average Bonchev–Trinajstić information content (AvgIpc) is 2.52. The zero-order valence-corrected chi connectivity index (χ0v) is 14.2. The third-order valence-corrected chi connectivity index (χ3v) is 4.33. The number of hydrogen-bond acceptors (Lipinski definition) is 5. The second-order valence-corrected chi connectivity index (χ2v) is 7.13. The van der Waals surface area contributed by atoms with Gasteiger partial charge in [0.2, 0.25) is 15.9 Å². The van der Waals surface area contributed by atoms with Gasteiger partial charge >= 0.3 is 0 Å². The van der Waals surface area contributed by atoms with E-state index in [0.717, 1.165) is 24.5 Å². The molecular weight excluding hydrogens is 372 g/mol. The van der Waals surface area contributed by atoms with Crippen LogP contribution in [0, 0.1) is 21.7 Å². The fourth-order valence-electron chi connectivity index (χ4n) is 2.09. The molecule has 0 aliphatic rings. The van der Waals surface area contributed by atoms with Gasteiger partial charge in [0.25, 0.3) is 5.69 Å². The number of nitrogens with one attached hydrogen (secondary N) is 1. The van der Waals surface area contributed by atoms with Crippen molar-refractivity contribution in [1.82, 2.24) is 0 Å². The summed E-state index contributed by atoms with van der Waals surface area (Å²) in [5.41, 5.74) is -0.701. The van der Waals surface area contributed by atoms with Crippen molar-refractivity contribution < 1.29 is 26.9 Å². The molecule has 26 heavy (non-hydrogen) atoms. The van der Waals surface area contributed by atoms with Crippen LogP contribution in [0.25, 0.3) is 0 Å². The fourth-order valence-corrected chi connectivity index (χ4v) is 2.95. The van der Waals surface area contributed by atoms with Gasteiger partial charge in [-0.05, 0) is 18.2 Å². The predicted molar refractivity (Wildman–Crippen MR) is 90.3 cm³/mol. The molecule has 1 N–H and O–H groups in total. The van der Waals surface area contributed by atoms with Crippen LogP contribution in [0.3, 0.4) is 0 Å². The van der Waals surface area contributed by atoms with E-state index in [1.54, 1.807) is 0 Å². The smallest absolute Gasteiger partial charge is 0.271 e. The van der Waals surface area contributed by atoms with E-state index >= 15 is 0 Å². The Kier molecular flexibility index (Phi) is 5.50. The summed E-state index contributed by atoms with van der Waals surface area (Å²) in [5, 5.41) is 13.0. The third-order valence-electron chi connectivity index (χ3n) is 3.21. The lowest BCUT2D eigenvalue weighted by Crippen LogP contribution is -2.38. The minimum atomic E-state index is -4.06. The monoisotopic (exact) mass is 385 g/mol. The van der Waals surface area contributed by atoms with Crippen LogP contribution in [0.1, 0.15) is 0 Å². The van der Waals surface area contributed by atoms with E-state index in [1.807, 2.05) is 0 Å². The second-order valence-electron chi connectivity index (χ2n) is 5.22. The number of non-ortho nitro benzene ring substituents is 1. The van der Waals surface area contributed by atoms with Gasteiger partial charge < -0.3 is 5.32 Å². The van der Waals surface area contributed by atoms with Crippen LogP contribution >= 0.6 is 0 Å². The molecule has 1 amide bonds. The first kappa shape index (κ1) is 19.2. The first-order chi connectivity index (χ1) is 12.1. The highest BCUT2D eigenvalue weighted by molar-refractivity contribution is 7.92. The molecule has 0 radical (unpaired) electrons. The van der Waals surface area contributed by atoms with E-state index in [1.165, 1.54) is 18.2 Å². The van der Waals surface area contributed by atoms with Gasteiger partial charge in [0.05, 0.1) is 16.9 Å². The molecule has 2 rings (SSSR count). The van der Waals surface area contributed by atoms with Crippen molar-refractivity contribution in [3.8, 4) is 0 Å². The Morgan fingerprint density at radius 1 is 1.23 bits per heavy atom. The minimum absolute atomic E-state index is 0.0669. The Hall–Kier alpha value is -3.08. The molecule has 0 aliphatic heterocycles. The Labute approximate surface area is 147 Å². The molecule has 2 aromatic carbocycles. The molecule has 0 bridgehead atoms. The number of hydrogen-bond donors (Lipinski definition) is 1. The standard InChI is InChI=1S/C15H13F2N3O5S/c1-26(24,25)19(14-6-5-10(16)7-13(14)17)9-15(21)18-11-3-2-4-12(8-11)20(22)23/h2-8H,9H2,1H3,(H,18,21). The van der Waals surface area contributed by atoms with Crippen molar-refractivity contribution in [3.05, 3.63) is 64.2 Å². The van der Waals surface area contributed by atoms with Gasteiger partial charge in [-0.15, -0.1) is 0 Å². The Balaban J connectivity index is 2.25. The van der Waals surface area contributed by atoms with Crippen LogP contribution in [0.4, 0.5) is 25.8 Å². The number of amides is 1. The number of benzene rings is 2. The number of rotatable bonds is 6. The summed E-state index contributed by atoms with van der Waals surface area (Å²) >= 11 is 0. The van der Waals surface area contributed by atoms with Crippen molar-refractivity contribution in [2.24, 2.45) is 0 Å². The lowest BCUT2D eigenvalue weighted by Gasteiger charge is -2.22. The Morgan fingerprint density at radius 2 is 1.92 bits per heavy atom. The van der Waals surface area contributed by atoms with E-state index in [9.17, 15) is 32.1 Å². The summed E-state index contributed by atoms with van der Waals surface area (Å²) in [6.45, 7) is -0.802. The first-order valence-corrected chi connectivity index (χ1v) is 8.90. The molecule has 0 unspecified atom stereocenters. The molecule has 2 aromatic rings. The van der Waals surface area contributed by atoms with Gasteiger partial charge in [0, 0.05) is 23.9 Å². The van der Waals surface area contributed by atoms with Crippen molar-refractivity contribution in [1.29, 1.82) is 0 Å². The maximum absolute atomic E-state index is 13.9. The highest BCUT2D eigenvalue weighted by Gasteiger charge is 2.24. The summed E-state index contributed by atoms with van der Waals surface area (Å²) in [6, 6.07) is 7.25.